The summed E-state index contributed by atoms with van der Waals surface area (Å²) >= 11 is 1.72. The van der Waals surface area contributed by atoms with Crippen LogP contribution in [-0.2, 0) is 0 Å². The Morgan fingerprint density at radius 1 is 1.33 bits per heavy atom. The molecule has 5 nitrogen and oxygen atoms in total. The first-order valence-electron chi connectivity index (χ1n) is 3.53. The van der Waals surface area contributed by atoms with Crippen LogP contribution in [0.15, 0.2) is 31.4 Å². The van der Waals surface area contributed by atoms with Crippen LogP contribution in [0.3, 0.4) is 0 Å². The normalized spacial score (nSPS) is 21.8. The third kappa shape index (κ3) is 1.08. The third-order valence-corrected chi connectivity index (χ3v) is 3.11. The molecule has 0 spiro atoms. The van der Waals surface area contributed by atoms with Crippen molar-refractivity contribution in [3.05, 3.63) is 10.7 Å². The van der Waals surface area contributed by atoms with E-state index < -0.39 is 0 Å². The SMILES string of the molecule is CC1=[N+](C)CSC1=C1N=NN=N1. The van der Waals surface area contributed by atoms with Gasteiger partial charge in [-0.05, 0) is 22.2 Å². The second-order valence-electron chi connectivity index (χ2n) is 2.59. The van der Waals surface area contributed by atoms with E-state index >= 15 is 0 Å². The van der Waals surface area contributed by atoms with Crippen LogP contribution in [0.4, 0.5) is 0 Å². The van der Waals surface area contributed by atoms with Gasteiger partial charge in [-0.25, -0.2) is 4.58 Å². The zero-order valence-electron chi connectivity index (χ0n) is 6.85. The van der Waals surface area contributed by atoms with Crippen LogP contribution in [0, 0.1) is 0 Å². The summed E-state index contributed by atoms with van der Waals surface area (Å²) in [6.45, 7) is 2.05. The van der Waals surface area contributed by atoms with Crippen molar-refractivity contribution in [1.29, 1.82) is 0 Å². The number of allylic oxidation sites excluding steroid dienone is 1. The van der Waals surface area contributed by atoms with Crippen molar-refractivity contribution in [1.82, 2.24) is 0 Å². The quantitative estimate of drug-likeness (QED) is 0.527. The van der Waals surface area contributed by atoms with Gasteiger partial charge in [0.2, 0.25) is 5.82 Å². The van der Waals surface area contributed by atoms with Crippen LogP contribution in [0.5, 0.6) is 0 Å². The van der Waals surface area contributed by atoms with Crippen LogP contribution in [0.2, 0.25) is 0 Å². The van der Waals surface area contributed by atoms with Crippen molar-refractivity contribution in [2.75, 3.05) is 12.9 Å². The van der Waals surface area contributed by atoms with Crippen molar-refractivity contribution in [2.45, 2.75) is 6.92 Å². The molecule has 0 bridgehead atoms. The molecule has 0 aromatic carbocycles. The predicted molar refractivity (Wildman–Crippen MR) is 46.1 cm³/mol. The van der Waals surface area contributed by atoms with Crippen molar-refractivity contribution in [2.24, 2.45) is 20.7 Å². The maximum atomic E-state index is 3.81. The van der Waals surface area contributed by atoms with E-state index in [2.05, 4.69) is 25.3 Å². The van der Waals surface area contributed by atoms with Crippen LogP contribution in [0.1, 0.15) is 6.92 Å². The summed E-state index contributed by atoms with van der Waals surface area (Å²) in [5.41, 5.74) is 1.19. The lowest BCUT2D eigenvalue weighted by atomic mass is 10.4. The zero-order valence-corrected chi connectivity index (χ0v) is 7.67. The van der Waals surface area contributed by atoms with Gasteiger partial charge in [0.25, 0.3) is 0 Å². The second kappa shape index (κ2) is 2.78. The topological polar surface area (TPSA) is 52.4 Å². The van der Waals surface area contributed by atoms with Gasteiger partial charge >= 0.3 is 0 Å². The van der Waals surface area contributed by atoms with Gasteiger partial charge in [-0.2, -0.15) is 0 Å². The largest absolute Gasteiger partial charge is 0.225 e. The fourth-order valence-electron chi connectivity index (χ4n) is 0.998. The molecule has 12 heavy (non-hydrogen) atoms. The molecule has 0 N–H and O–H groups in total. The highest BCUT2D eigenvalue weighted by Gasteiger charge is 2.26. The van der Waals surface area contributed by atoms with Crippen LogP contribution >= 0.6 is 11.8 Å². The number of nitrogens with zero attached hydrogens (tertiary/aromatic N) is 5. The minimum absolute atomic E-state index is 0.641. The lowest BCUT2D eigenvalue weighted by Gasteiger charge is -1.88. The summed E-state index contributed by atoms with van der Waals surface area (Å²) in [6, 6.07) is 0. The standard InChI is InChI=1S/C6H8N5S/c1-4-5(12-3-11(4)2)6-7-9-10-8-6/h3H2,1-2H3/q+1. The Hall–Kier alpha value is -1.04. The van der Waals surface area contributed by atoms with Gasteiger partial charge in [0.1, 0.15) is 12.0 Å². The van der Waals surface area contributed by atoms with E-state index in [9.17, 15) is 0 Å². The highest BCUT2D eigenvalue weighted by molar-refractivity contribution is 8.04. The van der Waals surface area contributed by atoms with Crippen molar-refractivity contribution in [3.63, 3.8) is 0 Å². The molecule has 0 amide bonds. The molecule has 0 saturated carbocycles. The second-order valence-corrected chi connectivity index (χ2v) is 3.54. The summed E-state index contributed by atoms with van der Waals surface area (Å²) < 4.78 is 2.15. The molecule has 2 aliphatic rings. The Balaban J connectivity index is 2.44. The zero-order chi connectivity index (χ0) is 8.55. The molecule has 0 unspecified atom stereocenters. The summed E-state index contributed by atoms with van der Waals surface area (Å²) in [5.74, 6) is 1.59. The van der Waals surface area contributed by atoms with E-state index in [1.165, 1.54) is 5.71 Å². The molecule has 0 aromatic rings. The molecule has 0 aromatic heterocycles. The first-order valence-corrected chi connectivity index (χ1v) is 4.51. The molecule has 2 aliphatic heterocycles. The lowest BCUT2D eigenvalue weighted by Crippen LogP contribution is -2.06. The maximum Gasteiger partial charge on any atom is 0.220 e. The summed E-state index contributed by atoms with van der Waals surface area (Å²) in [4.78, 5) is 1.09. The lowest BCUT2D eigenvalue weighted by molar-refractivity contribution is -0.472. The molecule has 0 saturated heterocycles. The molecular formula is C6H8N5S+. The minimum Gasteiger partial charge on any atom is -0.225 e. The molecule has 2 rings (SSSR count). The van der Waals surface area contributed by atoms with E-state index in [1.54, 1.807) is 11.8 Å². The van der Waals surface area contributed by atoms with E-state index in [1.807, 2.05) is 14.0 Å². The molecule has 0 fully saturated rings. The molecule has 0 aliphatic carbocycles. The van der Waals surface area contributed by atoms with Gasteiger partial charge in [-0.1, -0.05) is 0 Å². The van der Waals surface area contributed by atoms with Gasteiger partial charge in [0, 0.05) is 6.92 Å². The summed E-state index contributed by atoms with van der Waals surface area (Å²) in [5, 5.41) is 14.5. The molecule has 6 heteroatoms. The van der Waals surface area contributed by atoms with E-state index in [0.717, 1.165) is 10.8 Å². The van der Waals surface area contributed by atoms with Crippen molar-refractivity contribution >= 4 is 17.5 Å². The molecule has 0 atom stereocenters. The molecule has 62 valence electrons. The Kier molecular flexibility index (Phi) is 1.76. The van der Waals surface area contributed by atoms with Gasteiger partial charge in [-0.3, -0.25) is 0 Å². The summed E-state index contributed by atoms with van der Waals surface area (Å²) in [6.07, 6.45) is 0. The number of rotatable bonds is 0. The van der Waals surface area contributed by atoms with Gasteiger partial charge < -0.3 is 0 Å². The van der Waals surface area contributed by atoms with E-state index in [0.29, 0.717) is 5.82 Å². The average molecular weight is 182 g/mol. The Morgan fingerprint density at radius 3 is 2.50 bits per heavy atom. The van der Waals surface area contributed by atoms with Crippen LogP contribution in [-0.4, -0.2) is 23.2 Å². The maximum absolute atomic E-state index is 3.81. The first kappa shape index (κ1) is 7.60. The molecule has 0 radical (unpaired) electrons. The highest BCUT2D eigenvalue weighted by atomic mass is 32.2. The number of thioether (sulfide) groups is 1. The van der Waals surface area contributed by atoms with Crippen molar-refractivity contribution in [3.8, 4) is 0 Å². The third-order valence-electron chi connectivity index (χ3n) is 1.83. The van der Waals surface area contributed by atoms with E-state index in [4.69, 9.17) is 0 Å². The highest BCUT2D eigenvalue weighted by Crippen LogP contribution is 2.29. The van der Waals surface area contributed by atoms with E-state index in [-0.39, 0.29) is 0 Å². The monoisotopic (exact) mass is 182 g/mol. The number of hydrogen-bond donors (Lipinski definition) is 0. The molecule has 2 heterocycles. The smallest absolute Gasteiger partial charge is 0.220 e. The molecular weight excluding hydrogens is 174 g/mol. The minimum atomic E-state index is 0.641. The van der Waals surface area contributed by atoms with Gasteiger partial charge in [0.05, 0.1) is 0 Å². The average Bonchev–Trinajstić information content (AvgIpc) is 2.64. The Morgan fingerprint density at radius 2 is 2.00 bits per heavy atom. The van der Waals surface area contributed by atoms with Gasteiger partial charge in [-0.15, -0.1) is 10.2 Å². The number of hydrogen-bond acceptors (Lipinski definition) is 5. The van der Waals surface area contributed by atoms with Gasteiger partial charge in [0.15, 0.2) is 11.6 Å². The summed E-state index contributed by atoms with van der Waals surface area (Å²) in [7, 11) is 2.04. The fourth-order valence-corrected chi connectivity index (χ4v) is 2.09. The Bertz CT molecular complexity index is 324. The van der Waals surface area contributed by atoms with Crippen molar-refractivity contribution < 1.29 is 4.58 Å². The predicted octanol–water partition coefficient (Wildman–Crippen LogP) is 1.80. The Labute approximate surface area is 74.0 Å². The fraction of sp³-hybridized carbons (Fsp3) is 0.500. The van der Waals surface area contributed by atoms with Crippen LogP contribution < -0.4 is 0 Å². The van der Waals surface area contributed by atoms with Crippen LogP contribution in [0.25, 0.3) is 0 Å². The first-order chi connectivity index (χ1) is 5.79.